The SMILES string of the molecule is CC(C)[C@@H](Cc1ccccc1)NC(=O)N[C@H](C(=O)N1C[C@H]2[C@@H]([C@H]1C(=O)NC(C(=O)C(N)=O)C1CC1)C2(C)C)C(C)(C)C. The molecule has 10 heteroatoms. The fraction of sp³-hybridized carbons (Fsp3) is 0.656. The van der Waals surface area contributed by atoms with Gasteiger partial charge in [0.1, 0.15) is 18.1 Å². The van der Waals surface area contributed by atoms with E-state index in [0.29, 0.717) is 13.0 Å². The first-order valence-corrected chi connectivity index (χ1v) is 15.1. The minimum Gasteiger partial charge on any atom is -0.363 e. The molecule has 42 heavy (non-hydrogen) atoms. The molecule has 6 atom stereocenters. The van der Waals surface area contributed by atoms with Gasteiger partial charge in [-0.05, 0) is 59.3 Å². The van der Waals surface area contributed by atoms with Crippen LogP contribution >= 0.6 is 0 Å². The molecule has 230 valence electrons. The van der Waals surface area contributed by atoms with Gasteiger partial charge in [0.15, 0.2) is 0 Å². The third-order valence-electron chi connectivity index (χ3n) is 9.48. The summed E-state index contributed by atoms with van der Waals surface area (Å²) >= 11 is 0. The number of hydrogen-bond acceptors (Lipinski definition) is 5. The molecule has 1 heterocycles. The summed E-state index contributed by atoms with van der Waals surface area (Å²) in [5.41, 5.74) is 5.57. The molecule has 4 rings (SSSR count). The fourth-order valence-electron chi connectivity index (χ4n) is 6.51. The summed E-state index contributed by atoms with van der Waals surface area (Å²) in [7, 11) is 0. The van der Waals surface area contributed by atoms with Crippen LogP contribution < -0.4 is 21.7 Å². The average Bonchev–Trinajstić information content (AvgIpc) is 3.78. The van der Waals surface area contributed by atoms with E-state index in [9.17, 15) is 24.0 Å². The van der Waals surface area contributed by atoms with Crippen molar-refractivity contribution in [3.05, 3.63) is 35.9 Å². The number of nitrogens with zero attached hydrogens (tertiary/aromatic N) is 1. The molecule has 1 unspecified atom stereocenters. The van der Waals surface area contributed by atoms with E-state index in [1.807, 2.05) is 65.0 Å². The second kappa shape index (κ2) is 11.7. The fourth-order valence-corrected chi connectivity index (χ4v) is 6.51. The van der Waals surface area contributed by atoms with Gasteiger partial charge >= 0.3 is 6.03 Å². The highest BCUT2D eigenvalue weighted by atomic mass is 16.2. The lowest BCUT2D eigenvalue weighted by molar-refractivity contribution is -0.145. The molecule has 5 N–H and O–H groups in total. The zero-order valence-electron chi connectivity index (χ0n) is 25.9. The molecule has 1 aliphatic heterocycles. The number of Topliss-reactive ketones (excluding diaryl/α,β-unsaturated/α-hetero) is 1. The Hall–Kier alpha value is -3.43. The highest BCUT2D eigenvalue weighted by molar-refractivity contribution is 6.38. The van der Waals surface area contributed by atoms with Crippen LogP contribution in [0.25, 0.3) is 0 Å². The van der Waals surface area contributed by atoms with Gasteiger partial charge in [0.25, 0.3) is 5.91 Å². The molecule has 0 bridgehead atoms. The maximum atomic E-state index is 14.2. The number of nitrogens with two attached hydrogens (primary N) is 1. The maximum absolute atomic E-state index is 14.2. The number of carbonyl (C=O) groups excluding carboxylic acids is 5. The molecule has 10 nitrogen and oxygen atoms in total. The Morgan fingerprint density at radius 3 is 2.14 bits per heavy atom. The normalized spacial score (nSPS) is 24.7. The molecule has 5 amide bonds. The van der Waals surface area contributed by atoms with E-state index < -0.39 is 47.2 Å². The van der Waals surface area contributed by atoms with Crippen molar-refractivity contribution in [3.8, 4) is 0 Å². The Kier molecular flexibility index (Phi) is 8.77. The molecule has 3 fully saturated rings. The summed E-state index contributed by atoms with van der Waals surface area (Å²) in [4.78, 5) is 66.9. The number of urea groups is 1. The molecular weight excluding hydrogens is 534 g/mol. The molecule has 1 saturated heterocycles. The summed E-state index contributed by atoms with van der Waals surface area (Å²) in [5.74, 6) is -2.62. The summed E-state index contributed by atoms with van der Waals surface area (Å²) in [5, 5.41) is 8.77. The number of piperidine rings is 1. The van der Waals surface area contributed by atoms with Gasteiger partial charge in [0.2, 0.25) is 17.6 Å². The summed E-state index contributed by atoms with van der Waals surface area (Å²) in [6, 6.07) is 6.64. The zero-order valence-corrected chi connectivity index (χ0v) is 25.9. The zero-order chi connectivity index (χ0) is 31.1. The molecule has 0 spiro atoms. The van der Waals surface area contributed by atoms with Gasteiger partial charge in [0, 0.05) is 12.6 Å². The van der Waals surface area contributed by atoms with Gasteiger partial charge < -0.3 is 26.6 Å². The van der Waals surface area contributed by atoms with Crippen LogP contribution in [0, 0.1) is 34.5 Å². The second-order valence-corrected chi connectivity index (χ2v) is 14.4. The third-order valence-corrected chi connectivity index (χ3v) is 9.48. The Labute approximate surface area is 248 Å². The summed E-state index contributed by atoms with van der Waals surface area (Å²) in [6.45, 7) is 14.2. The highest BCUT2D eigenvalue weighted by Crippen LogP contribution is 2.65. The standard InChI is InChI=1S/C32H47N5O5/c1-17(2)21(15-18-11-9-8-10-12-18)34-30(42)36-26(31(3,4)5)29(41)37-16-20-22(32(20,6)7)24(37)28(40)35-23(19-13-14-19)25(38)27(33)39/h8-12,17,19-24,26H,13-16H2,1-7H3,(H2,33,39)(H,35,40)(H2,34,36,42)/t20-,21+,22-,23?,24-,26+/m0/s1. The maximum Gasteiger partial charge on any atom is 0.315 e. The van der Waals surface area contributed by atoms with Gasteiger partial charge in [-0.25, -0.2) is 4.79 Å². The van der Waals surface area contributed by atoms with Crippen molar-refractivity contribution in [1.29, 1.82) is 0 Å². The van der Waals surface area contributed by atoms with Crippen molar-refractivity contribution in [1.82, 2.24) is 20.9 Å². The number of rotatable bonds is 11. The number of nitrogens with one attached hydrogen (secondary N) is 3. The number of hydrogen-bond donors (Lipinski definition) is 4. The quantitative estimate of drug-likeness (QED) is 0.296. The topological polar surface area (TPSA) is 151 Å². The van der Waals surface area contributed by atoms with E-state index in [-0.39, 0.29) is 41.0 Å². The largest absolute Gasteiger partial charge is 0.363 e. The monoisotopic (exact) mass is 581 g/mol. The van der Waals surface area contributed by atoms with Crippen LogP contribution in [0.5, 0.6) is 0 Å². The lowest BCUT2D eigenvalue weighted by Gasteiger charge is -2.38. The van der Waals surface area contributed by atoms with Gasteiger partial charge in [-0.3, -0.25) is 19.2 Å². The molecule has 0 radical (unpaired) electrons. The Morgan fingerprint density at radius 1 is 1.00 bits per heavy atom. The molecule has 0 aromatic heterocycles. The average molecular weight is 582 g/mol. The van der Waals surface area contributed by atoms with Crippen LogP contribution in [0.4, 0.5) is 4.79 Å². The van der Waals surface area contributed by atoms with E-state index in [1.165, 1.54) is 0 Å². The van der Waals surface area contributed by atoms with Gasteiger partial charge in [-0.1, -0.05) is 78.8 Å². The Balaban J connectivity index is 1.51. The number of ketones is 1. The number of benzene rings is 1. The van der Waals surface area contributed by atoms with E-state index in [4.69, 9.17) is 5.73 Å². The first kappa shape index (κ1) is 31.5. The van der Waals surface area contributed by atoms with Crippen LogP contribution in [-0.2, 0) is 25.6 Å². The first-order valence-electron chi connectivity index (χ1n) is 15.1. The number of likely N-dealkylation sites (tertiary alicyclic amines) is 1. The molecule has 2 aliphatic carbocycles. The van der Waals surface area contributed by atoms with E-state index >= 15 is 0 Å². The van der Waals surface area contributed by atoms with Crippen LogP contribution in [0.1, 0.15) is 66.9 Å². The third kappa shape index (κ3) is 6.63. The van der Waals surface area contributed by atoms with Crippen LogP contribution in [0.15, 0.2) is 30.3 Å². The van der Waals surface area contributed by atoms with Crippen molar-refractivity contribution >= 4 is 29.5 Å². The predicted molar refractivity (Wildman–Crippen MR) is 159 cm³/mol. The van der Waals surface area contributed by atoms with Gasteiger partial charge in [0.05, 0.1) is 0 Å². The Bertz CT molecular complexity index is 1220. The Morgan fingerprint density at radius 2 is 1.62 bits per heavy atom. The van der Waals surface area contributed by atoms with Gasteiger partial charge in [-0.15, -0.1) is 0 Å². The van der Waals surface area contributed by atoms with Crippen LogP contribution in [0.3, 0.4) is 0 Å². The smallest absolute Gasteiger partial charge is 0.315 e. The minimum absolute atomic E-state index is 0.0874. The first-order chi connectivity index (χ1) is 19.5. The molecule has 3 aliphatic rings. The van der Waals surface area contributed by atoms with Gasteiger partial charge in [-0.2, -0.15) is 0 Å². The molecule has 2 saturated carbocycles. The molecule has 1 aromatic carbocycles. The van der Waals surface area contributed by atoms with Crippen LogP contribution in [-0.4, -0.2) is 65.1 Å². The minimum atomic E-state index is -1.08. The number of carbonyl (C=O) groups is 5. The highest BCUT2D eigenvalue weighted by Gasteiger charge is 2.70. The summed E-state index contributed by atoms with van der Waals surface area (Å²) in [6.07, 6.45) is 2.10. The predicted octanol–water partition coefficient (Wildman–Crippen LogP) is 2.40. The van der Waals surface area contributed by atoms with Crippen molar-refractivity contribution in [2.75, 3.05) is 6.54 Å². The van der Waals surface area contributed by atoms with Crippen molar-refractivity contribution in [2.24, 2.45) is 40.2 Å². The van der Waals surface area contributed by atoms with Crippen molar-refractivity contribution in [3.63, 3.8) is 0 Å². The number of primary amides is 1. The van der Waals surface area contributed by atoms with Crippen LogP contribution in [0.2, 0.25) is 0 Å². The van der Waals surface area contributed by atoms with Crippen molar-refractivity contribution in [2.45, 2.75) is 91.9 Å². The number of amides is 5. The molecular formula is C32H47N5O5. The van der Waals surface area contributed by atoms with E-state index in [1.54, 1.807) is 4.90 Å². The lowest BCUT2D eigenvalue weighted by Crippen LogP contribution is -2.62. The lowest BCUT2D eigenvalue weighted by atomic mass is 9.85. The second-order valence-electron chi connectivity index (χ2n) is 14.4. The summed E-state index contributed by atoms with van der Waals surface area (Å²) < 4.78 is 0. The van der Waals surface area contributed by atoms with Crippen molar-refractivity contribution < 1.29 is 24.0 Å². The molecule has 1 aromatic rings. The number of fused-ring (bicyclic) bond motifs is 1. The van der Waals surface area contributed by atoms with E-state index in [2.05, 4.69) is 29.8 Å². The van der Waals surface area contributed by atoms with E-state index in [0.717, 1.165) is 18.4 Å².